The first kappa shape index (κ1) is 10.7. The second-order valence-corrected chi connectivity index (χ2v) is 4.76. The summed E-state index contributed by atoms with van der Waals surface area (Å²) in [5, 5.41) is 4.10. The van der Waals surface area contributed by atoms with Crippen LogP contribution in [0.2, 0.25) is 0 Å². The average molecular weight is 268 g/mol. The van der Waals surface area contributed by atoms with Gasteiger partial charge < -0.3 is 4.84 Å². The number of aryl methyl sites for hydroxylation is 1. The standard InChI is InChI=1S/C12H14BrNO/c13-11-8-9-15-14-12(11)7-6-10-4-2-1-3-5-10/h1-5,11H,6-9H2. The number of oxime groups is 1. The first-order valence-electron chi connectivity index (χ1n) is 5.23. The summed E-state index contributed by atoms with van der Waals surface area (Å²) in [6, 6.07) is 10.5. The van der Waals surface area contributed by atoms with Crippen LogP contribution in [0.3, 0.4) is 0 Å². The Morgan fingerprint density at radius 2 is 2.07 bits per heavy atom. The Labute approximate surface area is 98.4 Å². The first-order chi connectivity index (χ1) is 7.36. The summed E-state index contributed by atoms with van der Waals surface area (Å²) in [7, 11) is 0. The third-order valence-electron chi connectivity index (χ3n) is 2.52. The lowest BCUT2D eigenvalue weighted by Gasteiger charge is -2.17. The molecule has 1 unspecified atom stereocenters. The molecule has 80 valence electrons. The SMILES string of the molecule is BrC1CCON=C1CCc1ccccc1. The maximum atomic E-state index is 5.10. The average Bonchev–Trinajstić information content (AvgIpc) is 2.29. The van der Waals surface area contributed by atoms with Gasteiger partial charge in [-0.2, -0.15) is 0 Å². The molecule has 1 aromatic carbocycles. The van der Waals surface area contributed by atoms with Crippen LogP contribution in [0.15, 0.2) is 35.5 Å². The van der Waals surface area contributed by atoms with Crippen LogP contribution in [-0.2, 0) is 11.3 Å². The molecule has 0 amide bonds. The van der Waals surface area contributed by atoms with Crippen molar-refractivity contribution in [2.75, 3.05) is 6.61 Å². The Balaban J connectivity index is 1.90. The lowest BCUT2D eigenvalue weighted by Crippen LogP contribution is -2.21. The third-order valence-corrected chi connectivity index (χ3v) is 3.50. The second-order valence-electron chi connectivity index (χ2n) is 3.66. The van der Waals surface area contributed by atoms with Gasteiger partial charge in [0.05, 0.1) is 10.5 Å². The molecule has 2 nitrogen and oxygen atoms in total. The van der Waals surface area contributed by atoms with Gasteiger partial charge >= 0.3 is 0 Å². The van der Waals surface area contributed by atoms with E-state index in [1.807, 2.05) is 6.07 Å². The molecule has 0 bridgehead atoms. The Kier molecular flexibility index (Phi) is 3.78. The van der Waals surface area contributed by atoms with Crippen LogP contribution >= 0.6 is 15.9 Å². The molecule has 0 spiro atoms. The van der Waals surface area contributed by atoms with E-state index in [2.05, 4.69) is 45.4 Å². The van der Waals surface area contributed by atoms with Gasteiger partial charge in [0.1, 0.15) is 6.61 Å². The monoisotopic (exact) mass is 267 g/mol. The molecule has 1 atom stereocenters. The van der Waals surface area contributed by atoms with Crippen molar-refractivity contribution in [3.63, 3.8) is 0 Å². The Bertz CT molecular complexity index is 337. The summed E-state index contributed by atoms with van der Waals surface area (Å²) >= 11 is 3.62. The van der Waals surface area contributed by atoms with Crippen molar-refractivity contribution < 1.29 is 4.84 Å². The molecule has 0 aromatic heterocycles. The number of rotatable bonds is 3. The van der Waals surface area contributed by atoms with E-state index in [1.165, 1.54) is 5.56 Å². The maximum absolute atomic E-state index is 5.10. The van der Waals surface area contributed by atoms with E-state index in [0.29, 0.717) is 4.83 Å². The van der Waals surface area contributed by atoms with Crippen molar-refractivity contribution in [3.05, 3.63) is 35.9 Å². The number of nitrogens with zero attached hydrogens (tertiary/aromatic N) is 1. The molecule has 0 saturated carbocycles. The largest absolute Gasteiger partial charge is 0.396 e. The first-order valence-corrected chi connectivity index (χ1v) is 6.14. The molecule has 15 heavy (non-hydrogen) atoms. The fourth-order valence-electron chi connectivity index (χ4n) is 1.63. The van der Waals surface area contributed by atoms with Gasteiger partial charge in [-0.25, -0.2) is 0 Å². The highest BCUT2D eigenvalue weighted by Crippen LogP contribution is 2.17. The molecule has 1 aromatic rings. The van der Waals surface area contributed by atoms with Gasteiger partial charge in [0.25, 0.3) is 0 Å². The normalized spacial score (nSPS) is 20.6. The second kappa shape index (κ2) is 5.31. The summed E-state index contributed by atoms with van der Waals surface area (Å²) in [6.45, 7) is 0.727. The van der Waals surface area contributed by atoms with Crippen LogP contribution < -0.4 is 0 Å². The van der Waals surface area contributed by atoms with Crippen LogP contribution in [0, 0.1) is 0 Å². The van der Waals surface area contributed by atoms with Gasteiger partial charge in [-0.15, -0.1) is 0 Å². The van der Waals surface area contributed by atoms with Crippen LogP contribution in [0.4, 0.5) is 0 Å². The van der Waals surface area contributed by atoms with Gasteiger partial charge in [0, 0.05) is 6.42 Å². The van der Waals surface area contributed by atoms with Gasteiger partial charge in [0.2, 0.25) is 0 Å². The fraction of sp³-hybridized carbons (Fsp3) is 0.417. The molecule has 0 N–H and O–H groups in total. The van der Waals surface area contributed by atoms with E-state index in [-0.39, 0.29) is 0 Å². The minimum Gasteiger partial charge on any atom is -0.396 e. The van der Waals surface area contributed by atoms with E-state index in [4.69, 9.17) is 4.84 Å². The number of hydrogen-bond acceptors (Lipinski definition) is 2. The van der Waals surface area contributed by atoms with Crippen molar-refractivity contribution in [1.82, 2.24) is 0 Å². The van der Waals surface area contributed by atoms with Gasteiger partial charge in [-0.05, 0) is 18.4 Å². The quantitative estimate of drug-likeness (QED) is 0.772. The molecule has 0 saturated heterocycles. The lowest BCUT2D eigenvalue weighted by molar-refractivity contribution is 0.132. The van der Waals surface area contributed by atoms with E-state index < -0.39 is 0 Å². The summed E-state index contributed by atoms with van der Waals surface area (Å²) in [5.74, 6) is 0. The summed E-state index contributed by atoms with van der Waals surface area (Å²) in [4.78, 5) is 5.50. The number of benzene rings is 1. The molecule has 0 aliphatic carbocycles. The van der Waals surface area contributed by atoms with Gasteiger partial charge in [0.15, 0.2) is 0 Å². The lowest BCUT2D eigenvalue weighted by atomic mass is 10.0. The predicted molar refractivity (Wildman–Crippen MR) is 65.5 cm³/mol. The van der Waals surface area contributed by atoms with Crippen molar-refractivity contribution in [2.45, 2.75) is 24.1 Å². The zero-order valence-corrected chi connectivity index (χ0v) is 10.1. The van der Waals surface area contributed by atoms with Crippen molar-refractivity contribution in [1.29, 1.82) is 0 Å². The smallest absolute Gasteiger partial charge is 0.118 e. The topological polar surface area (TPSA) is 21.6 Å². The van der Waals surface area contributed by atoms with E-state index in [0.717, 1.165) is 31.6 Å². The zero-order valence-electron chi connectivity index (χ0n) is 8.53. The van der Waals surface area contributed by atoms with Crippen LogP contribution in [-0.4, -0.2) is 17.1 Å². The molecule has 1 heterocycles. The molecule has 0 radical (unpaired) electrons. The number of hydrogen-bond donors (Lipinski definition) is 0. The highest BCUT2D eigenvalue weighted by Gasteiger charge is 2.17. The molecule has 1 aliphatic rings. The summed E-state index contributed by atoms with van der Waals surface area (Å²) < 4.78 is 0. The van der Waals surface area contributed by atoms with E-state index in [9.17, 15) is 0 Å². The van der Waals surface area contributed by atoms with Gasteiger partial charge in [-0.3, -0.25) is 0 Å². The minimum atomic E-state index is 0.398. The highest BCUT2D eigenvalue weighted by atomic mass is 79.9. The third kappa shape index (κ3) is 3.06. The zero-order chi connectivity index (χ0) is 10.5. The van der Waals surface area contributed by atoms with Gasteiger partial charge in [-0.1, -0.05) is 51.4 Å². The Hall–Kier alpha value is -0.830. The van der Waals surface area contributed by atoms with E-state index >= 15 is 0 Å². The Morgan fingerprint density at radius 3 is 2.80 bits per heavy atom. The van der Waals surface area contributed by atoms with Crippen molar-refractivity contribution in [3.8, 4) is 0 Å². The van der Waals surface area contributed by atoms with Crippen LogP contribution in [0.1, 0.15) is 18.4 Å². The molecule has 1 aliphatic heterocycles. The molecule has 0 fully saturated rings. The summed E-state index contributed by atoms with van der Waals surface area (Å²) in [5.41, 5.74) is 2.48. The van der Waals surface area contributed by atoms with E-state index in [1.54, 1.807) is 0 Å². The van der Waals surface area contributed by atoms with Crippen molar-refractivity contribution >= 4 is 21.6 Å². The van der Waals surface area contributed by atoms with Crippen molar-refractivity contribution in [2.24, 2.45) is 5.16 Å². The predicted octanol–water partition coefficient (Wildman–Crippen LogP) is 3.16. The fourth-order valence-corrected chi connectivity index (χ4v) is 2.13. The molecular weight excluding hydrogens is 254 g/mol. The minimum absolute atomic E-state index is 0.398. The molecular formula is C12H14BrNO. The number of halogens is 1. The van der Waals surface area contributed by atoms with Crippen LogP contribution in [0.25, 0.3) is 0 Å². The van der Waals surface area contributed by atoms with Crippen LogP contribution in [0.5, 0.6) is 0 Å². The molecule has 3 heteroatoms. The maximum Gasteiger partial charge on any atom is 0.118 e. The summed E-state index contributed by atoms with van der Waals surface area (Å²) in [6.07, 6.45) is 3.03. The number of alkyl halides is 1. The Morgan fingerprint density at radius 1 is 1.27 bits per heavy atom. The molecule has 2 rings (SSSR count). The highest BCUT2D eigenvalue weighted by molar-refractivity contribution is 9.10.